The standard InChI is InChI=1S/C18H23N5O/c1-13-2-5-16(24)23(21-13)12-14-6-10-22(11-7-14)18-17(15-3-4-15)19-8-9-20-18/h2,5,8-9,14-15H,3-4,6-7,10-12H2,1H3. The smallest absolute Gasteiger partial charge is 0.266 e. The van der Waals surface area contributed by atoms with Crippen LogP contribution in [0, 0.1) is 12.8 Å². The van der Waals surface area contributed by atoms with E-state index in [0.29, 0.717) is 18.4 Å². The van der Waals surface area contributed by atoms with Gasteiger partial charge in [-0.3, -0.25) is 9.78 Å². The van der Waals surface area contributed by atoms with E-state index in [4.69, 9.17) is 0 Å². The fourth-order valence-corrected chi connectivity index (χ4v) is 3.48. The molecule has 1 saturated carbocycles. The van der Waals surface area contributed by atoms with Gasteiger partial charge in [0.2, 0.25) is 0 Å². The summed E-state index contributed by atoms with van der Waals surface area (Å²) < 4.78 is 1.62. The number of nitrogens with zero attached hydrogens (tertiary/aromatic N) is 5. The van der Waals surface area contributed by atoms with Crippen LogP contribution in [0.4, 0.5) is 5.82 Å². The van der Waals surface area contributed by atoms with Gasteiger partial charge in [-0.1, -0.05) is 0 Å². The van der Waals surface area contributed by atoms with Crippen LogP contribution in [0.2, 0.25) is 0 Å². The Balaban J connectivity index is 1.42. The first-order valence-corrected chi connectivity index (χ1v) is 8.81. The Hall–Kier alpha value is -2.24. The molecule has 24 heavy (non-hydrogen) atoms. The first kappa shape index (κ1) is 15.3. The highest BCUT2D eigenvalue weighted by atomic mass is 16.1. The zero-order valence-corrected chi connectivity index (χ0v) is 14.1. The van der Waals surface area contributed by atoms with Gasteiger partial charge in [-0.25, -0.2) is 9.67 Å². The normalized spacial score (nSPS) is 18.8. The topological polar surface area (TPSA) is 63.9 Å². The summed E-state index contributed by atoms with van der Waals surface area (Å²) in [5.74, 6) is 2.18. The summed E-state index contributed by atoms with van der Waals surface area (Å²) in [4.78, 5) is 23.5. The van der Waals surface area contributed by atoms with Gasteiger partial charge in [0.25, 0.3) is 5.56 Å². The summed E-state index contributed by atoms with van der Waals surface area (Å²) in [6.45, 7) is 4.59. The van der Waals surface area contributed by atoms with E-state index in [1.54, 1.807) is 29.2 Å². The molecule has 0 N–H and O–H groups in total. The second-order valence-electron chi connectivity index (χ2n) is 6.96. The highest BCUT2D eigenvalue weighted by Crippen LogP contribution is 2.42. The molecule has 2 aromatic rings. The van der Waals surface area contributed by atoms with Gasteiger partial charge >= 0.3 is 0 Å². The van der Waals surface area contributed by atoms with Crippen molar-refractivity contribution in [2.75, 3.05) is 18.0 Å². The molecule has 6 heteroatoms. The number of rotatable bonds is 4. The summed E-state index contributed by atoms with van der Waals surface area (Å²) in [5.41, 5.74) is 2.06. The van der Waals surface area contributed by atoms with Crippen LogP contribution in [0.3, 0.4) is 0 Å². The van der Waals surface area contributed by atoms with Crippen molar-refractivity contribution in [2.24, 2.45) is 5.92 Å². The van der Waals surface area contributed by atoms with Crippen molar-refractivity contribution >= 4 is 5.82 Å². The van der Waals surface area contributed by atoms with Crippen LogP contribution >= 0.6 is 0 Å². The highest BCUT2D eigenvalue weighted by molar-refractivity contribution is 5.46. The molecule has 0 bridgehead atoms. The van der Waals surface area contributed by atoms with Gasteiger partial charge in [0, 0.05) is 44.0 Å². The number of piperidine rings is 1. The molecule has 0 radical (unpaired) electrons. The number of hydrogen-bond donors (Lipinski definition) is 0. The minimum Gasteiger partial charge on any atom is -0.355 e. The van der Waals surface area contributed by atoms with Gasteiger partial charge in [-0.15, -0.1) is 0 Å². The van der Waals surface area contributed by atoms with Crippen LogP contribution in [-0.4, -0.2) is 32.8 Å². The van der Waals surface area contributed by atoms with Crippen molar-refractivity contribution in [3.63, 3.8) is 0 Å². The molecule has 1 aliphatic heterocycles. The maximum atomic E-state index is 11.9. The first-order valence-electron chi connectivity index (χ1n) is 8.81. The monoisotopic (exact) mass is 325 g/mol. The van der Waals surface area contributed by atoms with E-state index < -0.39 is 0 Å². The molecule has 0 aromatic carbocycles. The van der Waals surface area contributed by atoms with Crippen LogP contribution in [0.25, 0.3) is 0 Å². The van der Waals surface area contributed by atoms with Gasteiger partial charge in [0.1, 0.15) is 0 Å². The maximum absolute atomic E-state index is 11.9. The predicted molar refractivity (Wildman–Crippen MR) is 92.2 cm³/mol. The van der Waals surface area contributed by atoms with Crippen molar-refractivity contribution in [1.29, 1.82) is 0 Å². The fraction of sp³-hybridized carbons (Fsp3) is 0.556. The summed E-state index contributed by atoms with van der Waals surface area (Å²) >= 11 is 0. The summed E-state index contributed by atoms with van der Waals surface area (Å²) in [7, 11) is 0. The Labute approximate surface area is 141 Å². The molecule has 126 valence electrons. The highest BCUT2D eigenvalue weighted by Gasteiger charge is 2.31. The van der Waals surface area contributed by atoms with Gasteiger partial charge in [0.05, 0.1) is 11.4 Å². The lowest BCUT2D eigenvalue weighted by molar-refractivity contribution is 0.333. The molecular weight excluding hydrogens is 302 g/mol. The lowest BCUT2D eigenvalue weighted by Crippen LogP contribution is -2.37. The Kier molecular flexibility index (Phi) is 4.04. The fourth-order valence-electron chi connectivity index (χ4n) is 3.48. The Morgan fingerprint density at radius 3 is 2.58 bits per heavy atom. The minimum atomic E-state index is -0.00650. The van der Waals surface area contributed by atoms with Gasteiger partial charge in [0.15, 0.2) is 5.82 Å². The average molecular weight is 325 g/mol. The first-order chi connectivity index (χ1) is 11.7. The molecule has 0 atom stereocenters. The number of aryl methyl sites for hydroxylation is 1. The number of hydrogen-bond acceptors (Lipinski definition) is 5. The molecule has 2 fully saturated rings. The molecule has 1 aliphatic carbocycles. The second-order valence-corrected chi connectivity index (χ2v) is 6.96. The molecule has 4 rings (SSSR count). The van der Waals surface area contributed by atoms with Gasteiger partial charge in [-0.2, -0.15) is 5.10 Å². The van der Waals surface area contributed by atoms with Crippen LogP contribution in [0.5, 0.6) is 0 Å². The third kappa shape index (κ3) is 3.18. The van der Waals surface area contributed by atoms with Crippen molar-refractivity contribution in [3.05, 3.63) is 46.3 Å². The van der Waals surface area contributed by atoms with Gasteiger partial charge < -0.3 is 4.90 Å². The average Bonchev–Trinajstić information content (AvgIpc) is 3.44. The van der Waals surface area contributed by atoms with Crippen molar-refractivity contribution in [1.82, 2.24) is 19.7 Å². The number of anilines is 1. The zero-order valence-electron chi connectivity index (χ0n) is 14.1. The molecular formula is C18H23N5O. The maximum Gasteiger partial charge on any atom is 0.266 e. The quantitative estimate of drug-likeness (QED) is 0.862. The molecule has 1 saturated heterocycles. The Morgan fingerprint density at radius 2 is 1.83 bits per heavy atom. The second kappa shape index (κ2) is 6.34. The molecule has 0 unspecified atom stereocenters. The van der Waals surface area contributed by atoms with E-state index >= 15 is 0 Å². The summed E-state index contributed by atoms with van der Waals surface area (Å²) in [6, 6.07) is 3.38. The van der Waals surface area contributed by atoms with E-state index in [2.05, 4.69) is 20.0 Å². The van der Waals surface area contributed by atoms with E-state index in [-0.39, 0.29) is 5.56 Å². The van der Waals surface area contributed by atoms with E-state index in [0.717, 1.165) is 37.4 Å². The lowest BCUT2D eigenvalue weighted by Gasteiger charge is -2.33. The van der Waals surface area contributed by atoms with E-state index in [1.807, 2.05) is 6.92 Å². The van der Waals surface area contributed by atoms with Gasteiger partial charge in [-0.05, 0) is 44.6 Å². The predicted octanol–water partition coefficient (Wildman–Crippen LogP) is 2.14. The third-order valence-corrected chi connectivity index (χ3v) is 5.02. The molecule has 2 aliphatic rings. The largest absolute Gasteiger partial charge is 0.355 e. The summed E-state index contributed by atoms with van der Waals surface area (Å²) in [6.07, 6.45) is 8.20. The number of aromatic nitrogens is 4. The third-order valence-electron chi connectivity index (χ3n) is 5.02. The zero-order chi connectivity index (χ0) is 16.5. The van der Waals surface area contributed by atoms with E-state index in [1.165, 1.54) is 18.5 Å². The molecule has 0 amide bonds. The Morgan fingerprint density at radius 1 is 1.08 bits per heavy atom. The summed E-state index contributed by atoms with van der Waals surface area (Å²) in [5, 5.41) is 4.36. The minimum absolute atomic E-state index is 0.00650. The van der Waals surface area contributed by atoms with Crippen molar-refractivity contribution < 1.29 is 0 Å². The molecule has 2 aromatic heterocycles. The van der Waals surface area contributed by atoms with E-state index in [9.17, 15) is 4.79 Å². The van der Waals surface area contributed by atoms with Crippen LogP contribution in [-0.2, 0) is 6.54 Å². The SMILES string of the molecule is Cc1ccc(=O)n(CC2CCN(c3nccnc3C3CC3)CC2)n1. The lowest BCUT2D eigenvalue weighted by atomic mass is 9.96. The van der Waals surface area contributed by atoms with Crippen molar-refractivity contribution in [2.45, 2.75) is 45.1 Å². The molecule has 6 nitrogen and oxygen atoms in total. The van der Waals surface area contributed by atoms with Crippen LogP contribution < -0.4 is 10.5 Å². The van der Waals surface area contributed by atoms with Crippen molar-refractivity contribution in [3.8, 4) is 0 Å². The Bertz CT molecular complexity index is 775. The molecule has 3 heterocycles. The molecule has 0 spiro atoms. The van der Waals surface area contributed by atoms with Crippen LogP contribution in [0.15, 0.2) is 29.3 Å². The van der Waals surface area contributed by atoms with Crippen LogP contribution in [0.1, 0.15) is 43.0 Å².